The third-order valence-corrected chi connectivity index (χ3v) is 10.9. The molecule has 2 fully saturated rings. The summed E-state index contributed by atoms with van der Waals surface area (Å²) in [4.78, 5) is 0. The molecule has 6 atom stereocenters. The van der Waals surface area contributed by atoms with E-state index in [-0.39, 0.29) is 35.6 Å². The van der Waals surface area contributed by atoms with E-state index in [1.54, 1.807) is 7.11 Å². The van der Waals surface area contributed by atoms with Crippen LogP contribution in [0.3, 0.4) is 0 Å². The highest BCUT2D eigenvalue weighted by molar-refractivity contribution is 6.74. The van der Waals surface area contributed by atoms with Crippen LogP contribution in [0.1, 0.15) is 39.0 Å². The first-order chi connectivity index (χ1) is 13.7. The highest BCUT2D eigenvalue weighted by atomic mass is 28.4. The van der Waals surface area contributed by atoms with Crippen molar-refractivity contribution in [3.05, 3.63) is 48.6 Å². The molecule has 2 heterocycles. The van der Waals surface area contributed by atoms with E-state index < -0.39 is 14.6 Å². The fourth-order valence-electron chi connectivity index (χ4n) is 3.75. The second-order valence-corrected chi connectivity index (χ2v) is 14.2. The molecule has 5 nitrogen and oxygen atoms in total. The molecule has 0 unspecified atom stereocenters. The molecule has 2 aliphatic heterocycles. The SMILES string of the molecule is C=CC[C@@H]1[C@@H](OC)O[C@@H]2CO[C@@H](c3ccccc3)O[C@H]2[C@H]1O[Si](C)(C)C(C)(C)C. The van der Waals surface area contributed by atoms with Gasteiger partial charge in [-0.3, -0.25) is 0 Å². The minimum Gasteiger partial charge on any atom is -0.411 e. The van der Waals surface area contributed by atoms with Gasteiger partial charge in [0.25, 0.3) is 0 Å². The Morgan fingerprint density at radius 1 is 1.17 bits per heavy atom. The second kappa shape index (κ2) is 9.00. The normalized spacial score (nSPS) is 33.2. The van der Waals surface area contributed by atoms with Gasteiger partial charge in [-0.1, -0.05) is 57.2 Å². The van der Waals surface area contributed by atoms with Gasteiger partial charge in [0.1, 0.15) is 12.2 Å². The average molecular weight is 421 g/mol. The van der Waals surface area contributed by atoms with Crippen molar-refractivity contribution in [1.29, 1.82) is 0 Å². The fraction of sp³-hybridized carbons (Fsp3) is 0.652. The zero-order chi connectivity index (χ0) is 21.2. The van der Waals surface area contributed by atoms with Crippen molar-refractivity contribution in [2.24, 2.45) is 5.92 Å². The second-order valence-electron chi connectivity index (χ2n) is 9.49. The average Bonchev–Trinajstić information content (AvgIpc) is 2.69. The third kappa shape index (κ3) is 4.84. The number of fused-ring (bicyclic) bond motifs is 1. The molecule has 3 rings (SSSR count). The summed E-state index contributed by atoms with van der Waals surface area (Å²) >= 11 is 0. The number of ether oxygens (including phenoxy) is 4. The molecule has 0 saturated carbocycles. The molecule has 29 heavy (non-hydrogen) atoms. The Labute approximate surface area is 176 Å². The molecule has 162 valence electrons. The van der Waals surface area contributed by atoms with Gasteiger partial charge in [-0.05, 0) is 24.6 Å². The zero-order valence-electron chi connectivity index (χ0n) is 18.6. The maximum absolute atomic E-state index is 6.94. The molecule has 0 aliphatic carbocycles. The Balaban J connectivity index is 1.91. The first-order valence-electron chi connectivity index (χ1n) is 10.5. The zero-order valence-corrected chi connectivity index (χ0v) is 19.6. The molecule has 0 amide bonds. The van der Waals surface area contributed by atoms with Gasteiger partial charge < -0.3 is 23.4 Å². The van der Waals surface area contributed by atoms with Gasteiger partial charge in [0, 0.05) is 18.6 Å². The standard InChI is InChI=1S/C23H36O5Si/c1-8-12-17-19(28-29(6,7)23(2,3)4)20-18(26-22(17)24-5)15-25-21(27-20)16-13-10-9-11-14-16/h8-11,13-14,17-22H,1,12,15H2,2-7H3/t17-,18+,19-,20+,21+,22-/m0/s1. The van der Waals surface area contributed by atoms with E-state index in [9.17, 15) is 0 Å². The van der Waals surface area contributed by atoms with Crippen LogP contribution in [0.4, 0.5) is 0 Å². The Morgan fingerprint density at radius 2 is 1.86 bits per heavy atom. The van der Waals surface area contributed by atoms with Gasteiger partial charge >= 0.3 is 0 Å². The number of benzene rings is 1. The van der Waals surface area contributed by atoms with Crippen molar-refractivity contribution in [1.82, 2.24) is 0 Å². The Hall–Kier alpha value is -1.02. The van der Waals surface area contributed by atoms with Crippen molar-refractivity contribution in [3.63, 3.8) is 0 Å². The summed E-state index contributed by atoms with van der Waals surface area (Å²) in [5.74, 6) is 0.0161. The summed E-state index contributed by atoms with van der Waals surface area (Å²) in [7, 11) is -0.367. The molecule has 0 N–H and O–H groups in total. The largest absolute Gasteiger partial charge is 0.411 e. The van der Waals surface area contributed by atoms with E-state index in [0.29, 0.717) is 6.61 Å². The molecule has 0 bridgehead atoms. The van der Waals surface area contributed by atoms with Crippen molar-refractivity contribution in [2.75, 3.05) is 13.7 Å². The van der Waals surface area contributed by atoms with Crippen LogP contribution in [0, 0.1) is 5.92 Å². The van der Waals surface area contributed by atoms with E-state index >= 15 is 0 Å². The van der Waals surface area contributed by atoms with Crippen LogP contribution < -0.4 is 0 Å². The first kappa shape index (κ1) is 22.7. The van der Waals surface area contributed by atoms with Gasteiger partial charge in [-0.15, -0.1) is 6.58 Å². The lowest BCUT2D eigenvalue weighted by molar-refractivity contribution is -0.348. The van der Waals surface area contributed by atoms with Crippen molar-refractivity contribution < 1.29 is 23.4 Å². The predicted molar refractivity (Wildman–Crippen MR) is 116 cm³/mol. The van der Waals surface area contributed by atoms with E-state index in [4.69, 9.17) is 23.4 Å². The molecular weight excluding hydrogens is 384 g/mol. The molecule has 0 radical (unpaired) electrons. The van der Waals surface area contributed by atoms with Crippen molar-refractivity contribution in [2.45, 2.75) is 76.2 Å². The molecule has 6 heteroatoms. The molecular formula is C23H36O5Si. The topological polar surface area (TPSA) is 46.2 Å². The Morgan fingerprint density at radius 3 is 2.45 bits per heavy atom. The van der Waals surface area contributed by atoms with Crippen LogP contribution in [0.25, 0.3) is 0 Å². The molecule has 1 aromatic rings. The number of hydrogen-bond acceptors (Lipinski definition) is 5. The van der Waals surface area contributed by atoms with Gasteiger partial charge in [0.2, 0.25) is 0 Å². The van der Waals surface area contributed by atoms with E-state index in [0.717, 1.165) is 12.0 Å². The summed E-state index contributed by atoms with van der Waals surface area (Å²) in [5.41, 5.74) is 1.01. The lowest BCUT2D eigenvalue weighted by atomic mass is 9.88. The molecule has 2 saturated heterocycles. The molecule has 0 aromatic heterocycles. The van der Waals surface area contributed by atoms with Crippen molar-refractivity contribution in [3.8, 4) is 0 Å². The molecule has 2 aliphatic rings. The van der Waals surface area contributed by atoms with Crippen LogP contribution in [0.15, 0.2) is 43.0 Å². The summed E-state index contributed by atoms with van der Waals surface area (Å²) in [6.07, 6.45) is 1.26. The highest BCUT2D eigenvalue weighted by Gasteiger charge is 2.53. The summed E-state index contributed by atoms with van der Waals surface area (Å²) in [6, 6.07) is 10.0. The quantitative estimate of drug-likeness (QED) is 0.476. The van der Waals surface area contributed by atoms with E-state index in [2.05, 4.69) is 40.4 Å². The molecule has 0 spiro atoms. The summed E-state index contributed by atoms with van der Waals surface area (Å²) in [6.45, 7) is 15.7. The van der Waals surface area contributed by atoms with Crippen LogP contribution in [0.2, 0.25) is 18.1 Å². The van der Waals surface area contributed by atoms with Crippen LogP contribution in [-0.4, -0.2) is 46.6 Å². The van der Waals surface area contributed by atoms with E-state index in [1.807, 2.05) is 36.4 Å². The van der Waals surface area contributed by atoms with E-state index in [1.165, 1.54) is 0 Å². The van der Waals surface area contributed by atoms with Crippen LogP contribution >= 0.6 is 0 Å². The number of rotatable bonds is 6. The first-order valence-corrected chi connectivity index (χ1v) is 13.4. The minimum atomic E-state index is -2.05. The number of hydrogen-bond donors (Lipinski definition) is 0. The Kier molecular flexibility index (Phi) is 7.03. The van der Waals surface area contributed by atoms with Gasteiger partial charge in [-0.25, -0.2) is 0 Å². The lowest BCUT2D eigenvalue weighted by Gasteiger charge is -2.52. The predicted octanol–water partition coefficient (Wildman–Crippen LogP) is 5.05. The third-order valence-electron chi connectivity index (χ3n) is 6.44. The molecule has 1 aromatic carbocycles. The fourth-order valence-corrected chi connectivity index (χ4v) is 5.09. The lowest BCUT2D eigenvalue weighted by Crippen LogP contribution is -2.63. The smallest absolute Gasteiger partial charge is 0.192 e. The van der Waals surface area contributed by atoms with Crippen LogP contribution in [0.5, 0.6) is 0 Å². The van der Waals surface area contributed by atoms with Gasteiger partial charge in [0.05, 0.1) is 12.7 Å². The van der Waals surface area contributed by atoms with Crippen molar-refractivity contribution >= 4 is 8.32 Å². The highest BCUT2D eigenvalue weighted by Crippen LogP contribution is 2.44. The Bertz CT molecular complexity index is 672. The maximum atomic E-state index is 6.94. The maximum Gasteiger partial charge on any atom is 0.192 e. The van der Waals surface area contributed by atoms with Crippen LogP contribution in [-0.2, 0) is 23.4 Å². The van der Waals surface area contributed by atoms with Gasteiger partial charge in [-0.2, -0.15) is 0 Å². The monoisotopic (exact) mass is 420 g/mol. The summed E-state index contributed by atoms with van der Waals surface area (Å²) < 4.78 is 31.4. The number of allylic oxidation sites excluding steroid dienone is 1. The number of methoxy groups -OCH3 is 1. The summed E-state index contributed by atoms with van der Waals surface area (Å²) in [5, 5.41) is 0.0894. The van der Waals surface area contributed by atoms with Gasteiger partial charge in [0.15, 0.2) is 20.9 Å². The minimum absolute atomic E-state index is 0.0161.